The Bertz CT molecular complexity index is 521. The van der Waals surface area contributed by atoms with E-state index in [4.69, 9.17) is 0 Å². The van der Waals surface area contributed by atoms with E-state index in [0.717, 1.165) is 24.2 Å². The molecule has 0 saturated heterocycles. The number of phenolic OH excluding ortho intramolecular Hbond substituents is 1. The Labute approximate surface area is 136 Å². The highest BCUT2D eigenvalue weighted by Gasteiger charge is 2.46. The van der Waals surface area contributed by atoms with Crippen LogP contribution in [0.15, 0.2) is 18.2 Å². The van der Waals surface area contributed by atoms with E-state index in [1.54, 1.807) is 5.56 Å². The first-order valence-electron chi connectivity index (χ1n) is 9.41. The predicted molar refractivity (Wildman–Crippen MR) is 93.3 cm³/mol. The summed E-state index contributed by atoms with van der Waals surface area (Å²) in [6, 6.07) is 6.13. The second-order valence-corrected chi connectivity index (χ2v) is 7.99. The lowest BCUT2D eigenvalue weighted by Gasteiger charge is -2.52. The second-order valence-electron chi connectivity index (χ2n) is 7.99. The zero-order chi connectivity index (χ0) is 15.7. The fourth-order valence-corrected chi connectivity index (χ4v) is 5.39. The molecule has 1 heteroatoms. The summed E-state index contributed by atoms with van der Waals surface area (Å²) in [5, 5.41) is 9.77. The summed E-state index contributed by atoms with van der Waals surface area (Å²) in [6.07, 6.45) is 10.6. The van der Waals surface area contributed by atoms with Crippen LogP contribution in [-0.4, -0.2) is 5.11 Å². The molecule has 0 amide bonds. The molecule has 2 aliphatic rings. The minimum atomic E-state index is 0.439. The molecule has 122 valence electrons. The number of aryl methyl sites for hydroxylation is 1. The van der Waals surface area contributed by atoms with Crippen LogP contribution in [-0.2, 0) is 6.42 Å². The number of unbranched alkanes of at least 4 members (excludes halogenated alkanes) is 1. The number of hydrogen-bond acceptors (Lipinski definition) is 1. The largest absolute Gasteiger partial charge is 0.508 e. The van der Waals surface area contributed by atoms with Crippen LogP contribution >= 0.6 is 0 Å². The van der Waals surface area contributed by atoms with Gasteiger partial charge in [0.25, 0.3) is 0 Å². The normalized spacial score (nSPS) is 34.0. The van der Waals surface area contributed by atoms with Crippen molar-refractivity contribution in [3.05, 3.63) is 29.3 Å². The van der Waals surface area contributed by atoms with Crippen molar-refractivity contribution in [3.8, 4) is 5.75 Å². The van der Waals surface area contributed by atoms with Gasteiger partial charge in [-0.3, -0.25) is 0 Å². The highest BCUT2D eigenvalue weighted by atomic mass is 16.3. The van der Waals surface area contributed by atoms with Gasteiger partial charge in [0.15, 0.2) is 0 Å². The Balaban J connectivity index is 1.91. The topological polar surface area (TPSA) is 20.2 Å². The van der Waals surface area contributed by atoms with E-state index < -0.39 is 0 Å². The zero-order valence-electron chi connectivity index (χ0n) is 14.6. The van der Waals surface area contributed by atoms with Crippen molar-refractivity contribution >= 4 is 0 Å². The molecule has 0 aromatic heterocycles. The third-order valence-electron chi connectivity index (χ3n) is 6.90. The molecule has 0 heterocycles. The smallest absolute Gasteiger partial charge is 0.115 e. The maximum atomic E-state index is 9.77. The number of phenols is 1. The van der Waals surface area contributed by atoms with Gasteiger partial charge in [-0.25, -0.2) is 0 Å². The molecule has 1 fully saturated rings. The molecule has 2 aliphatic carbocycles. The van der Waals surface area contributed by atoms with Gasteiger partial charge in [-0.15, -0.1) is 0 Å². The van der Waals surface area contributed by atoms with Gasteiger partial charge in [-0.05, 0) is 78.5 Å². The van der Waals surface area contributed by atoms with Gasteiger partial charge in [0.2, 0.25) is 0 Å². The number of benzene rings is 1. The van der Waals surface area contributed by atoms with Gasteiger partial charge < -0.3 is 5.11 Å². The summed E-state index contributed by atoms with van der Waals surface area (Å²) in [5.74, 6) is 2.93. The molecule has 0 bridgehead atoms. The van der Waals surface area contributed by atoms with Crippen LogP contribution in [0.4, 0.5) is 0 Å². The van der Waals surface area contributed by atoms with Gasteiger partial charge in [0.1, 0.15) is 5.75 Å². The molecule has 0 radical (unpaired) electrons. The summed E-state index contributed by atoms with van der Waals surface area (Å²) in [5.41, 5.74) is 3.51. The molecular formula is C21H32O. The Morgan fingerprint density at radius 3 is 2.77 bits per heavy atom. The Kier molecular flexibility index (Phi) is 4.52. The van der Waals surface area contributed by atoms with E-state index in [9.17, 15) is 5.11 Å². The minimum absolute atomic E-state index is 0.439. The Morgan fingerprint density at radius 1 is 1.23 bits per heavy atom. The first kappa shape index (κ1) is 15.9. The Hall–Kier alpha value is -0.980. The summed E-state index contributed by atoms with van der Waals surface area (Å²) < 4.78 is 0. The summed E-state index contributed by atoms with van der Waals surface area (Å²) >= 11 is 0. The van der Waals surface area contributed by atoms with Crippen LogP contribution in [0.2, 0.25) is 0 Å². The van der Waals surface area contributed by atoms with Gasteiger partial charge in [-0.1, -0.05) is 46.1 Å². The molecule has 0 aliphatic heterocycles. The van der Waals surface area contributed by atoms with E-state index in [-0.39, 0.29) is 0 Å². The van der Waals surface area contributed by atoms with Gasteiger partial charge in [0, 0.05) is 0 Å². The lowest BCUT2D eigenvalue weighted by molar-refractivity contribution is 0.0209. The van der Waals surface area contributed by atoms with E-state index in [1.165, 1.54) is 50.5 Å². The quantitative estimate of drug-likeness (QED) is 0.717. The SMILES string of the molecule is CCCC[C@H]1[C@@H]2CCc3cc(O)ccc3[C@H]2CC[C@]1(C)CC. The highest BCUT2D eigenvalue weighted by Crippen LogP contribution is 2.57. The number of fused-ring (bicyclic) bond motifs is 3. The van der Waals surface area contributed by atoms with Crippen molar-refractivity contribution in [1.82, 2.24) is 0 Å². The van der Waals surface area contributed by atoms with Crippen LogP contribution in [0.5, 0.6) is 5.75 Å². The molecule has 22 heavy (non-hydrogen) atoms. The second kappa shape index (κ2) is 6.26. The van der Waals surface area contributed by atoms with Crippen LogP contribution in [0.25, 0.3) is 0 Å². The van der Waals surface area contributed by atoms with E-state index in [0.29, 0.717) is 11.2 Å². The molecule has 4 atom stereocenters. The van der Waals surface area contributed by atoms with Crippen molar-refractivity contribution in [2.75, 3.05) is 0 Å². The van der Waals surface area contributed by atoms with Crippen molar-refractivity contribution in [3.63, 3.8) is 0 Å². The van der Waals surface area contributed by atoms with Gasteiger partial charge >= 0.3 is 0 Å². The fraction of sp³-hybridized carbons (Fsp3) is 0.714. The number of aromatic hydroxyl groups is 1. The molecule has 0 unspecified atom stereocenters. The average Bonchev–Trinajstić information content (AvgIpc) is 2.53. The molecule has 3 rings (SSSR count). The Morgan fingerprint density at radius 2 is 2.05 bits per heavy atom. The van der Waals surface area contributed by atoms with Crippen molar-refractivity contribution in [2.24, 2.45) is 17.3 Å². The van der Waals surface area contributed by atoms with Crippen LogP contribution in [0.1, 0.15) is 82.8 Å². The first-order valence-corrected chi connectivity index (χ1v) is 9.41. The van der Waals surface area contributed by atoms with Gasteiger partial charge in [-0.2, -0.15) is 0 Å². The zero-order valence-corrected chi connectivity index (χ0v) is 14.6. The minimum Gasteiger partial charge on any atom is -0.508 e. The third kappa shape index (κ3) is 2.68. The molecule has 1 nitrogen and oxygen atoms in total. The van der Waals surface area contributed by atoms with Crippen LogP contribution in [0.3, 0.4) is 0 Å². The first-order chi connectivity index (χ1) is 10.6. The van der Waals surface area contributed by atoms with E-state index >= 15 is 0 Å². The van der Waals surface area contributed by atoms with Crippen molar-refractivity contribution < 1.29 is 5.11 Å². The predicted octanol–water partition coefficient (Wildman–Crippen LogP) is 6.05. The molecular weight excluding hydrogens is 268 g/mol. The van der Waals surface area contributed by atoms with E-state index in [2.05, 4.69) is 26.8 Å². The summed E-state index contributed by atoms with van der Waals surface area (Å²) in [7, 11) is 0. The molecule has 1 N–H and O–H groups in total. The monoisotopic (exact) mass is 300 g/mol. The van der Waals surface area contributed by atoms with Crippen LogP contribution in [0, 0.1) is 17.3 Å². The third-order valence-corrected chi connectivity index (χ3v) is 6.90. The maximum Gasteiger partial charge on any atom is 0.115 e. The fourth-order valence-electron chi connectivity index (χ4n) is 5.39. The highest BCUT2D eigenvalue weighted by molar-refractivity contribution is 5.39. The van der Waals surface area contributed by atoms with Crippen molar-refractivity contribution in [2.45, 2.75) is 78.1 Å². The lowest BCUT2D eigenvalue weighted by atomic mass is 9.53. The molecule has 1 aromatic carbocycles. The molecule has 0 spiro atoms. The lowest BCUT2D eigenvalue weighted by Crippen LogP contribution is -2.42. The standard InChI is InChI=1S/C21H32O/c1-4-6-7-20-19-10-8-15-14-16(22)9-11-17(15)18(19)12-13-21(20,3)5-2/h9,11,14,18-20,22H,4-8,10,12-13H2,1-3H3/t18-,19-,20+,21+/m1/s1. The summed E-state index contributed by atoms with van der Waals surface area (Å²) in [4.78, 5) is 0. The summed E-state index contributed by atoms with van der Waals surface area (Å²) in [6.45, 7) is 7.27. The number of hydrogen-bond donors (Lipinski definition) is 1. The maximum absolute atomic E-state index is 9.77. The molecule has 1 saturated carbocycles. The van der Waals surface area contributed by atoms with E-state index in [1.807, 2.05) is 12.1 Å². The average molecular weight is 300 g/mol. The van der Waals surface area contributed by atoms with Gasteiger partial charge in [0.05, 0.1) is 0 Å². The van der Waals surface area contributed by atoms with Crippen molar-refractivity contribution in [1.29, 1.82) is 0 Å². The number of rotatable bonds is 4. The van der Waals surface area contributed by atoms with Crippen LogP contribution < -0.4 is 0 Å². The molecule has 1 aromatic rings.